The summed E-state index contributed by atoms with van der Waals surface area (Å²) in [5.74, 6) is 1.37. The molecular formula is C11H16ClNO. The van der Waals surface area contributed by atoms with Crippen molar-refractivity contribution in [3.8, 4) is 5.75 Å². The Morgan fingerprint density at radius 3 is 2.79 bits per heavy atom. The number of hydrogen-bond donors (Lipinski definition) is 0. The van der Waals surface area contributed by atoms with Crippen molar-refractivity contribution >= 4 is 11.6 Å². The molecule has 2 nitrogen and oxygen atoms in total. The monoisotopic (exact) mass is 213 g/mol. The van der Waals surface area contributed by atoms with Gasteiger partial charge in [-0.25, -0.2) is 0 Å². The molecule has 0 aliphatic heterocycles. The Bertz CT molecular complexity index is 289. The number of pyridine rings is 1. The summed E-state index contributed by atoms with van der Waals surface area (Å²) in [4.78, 5) is 4.22. The number of aryl methyl sites for hydroxylation is 1. The third-order valence-corrected chi connectivity index (χ3v) is 2.25. The molecule has 1 aromatic heterocycles. The summed E-state index contributed by atoms with van der Waals surface area (Å²) in [5.41, 5.74) is 2.02. The summed E-state index contributed by atoms with van der Waals surface area (Å²) in [5, 5.41) is 0. The van der Waals surface area contributed by atoms with Crippen LogP contribution in [-0.4, -0.2) is 11.6 Å². The molecule has 14 heavy (non-hydrogen) atoms. The van der Waals surface area contributed by atoms with E-state index in [-0.39, 0.29) is 0 Å². The maximum Gasteiger partial charge on any atom is 0.125 e. The van der Waals surface area contributed by atoms with Gasteiger partial charge in [-0.15, -0.1) is 11.6 Å². The molecule has 0 saturated carbocycles. The summed E-state index contributed by atoms with van der Waals surface area (Å²) < 4.78 is 5.62. The Kier molecular flexibility index (Phi) is 4.74. The molecule has 78 valence electrons. The lowest BCUT2D eigenvalue weighted by atomic mass is 10.2. The molecule has 0 aliphatic carbocycles. The molecule has 0 unspecified atom stereocenters. The molecule has 0 bridgehead atoms. The molecule has 1 aromatic rings. The van der Waals surface area contributed by atoms with Crippen molar-refractivity contribution in [3.05, 3.63) is 23.5 Å². The molecule has 0 saturated heterocycles. The van der Waals surface area contributed by atoms with E-state index in [0.29, 0.717) is 5.88 Å². The van der Waals surface area contributed by atoms with Crippen molar-refractivity contribution in [2.45, 2.75) is 32.6 Å². The minimum atomic E-state index is 0.437. The van der Waals surface area contributed by atoms with Gasteiger partial charge in [-0.3, -0.25) is 4.98 Å². The normalized spacial score (nSPS) is 10.2. The summed E-state index contributed by atoms with van der Waals surface area (Å²) in [6, 6.07) is 1.93. The van der Waals surface area contributed by atoms with E-state index in [1.54, 1.807) is 0 Å². The molecule has 1 heterocycles. The summed E-state index contributed by atoms with van der Waals surface area (Å²) in [6.45, 7) is 4.93. The number of rotatable bonds is 5. The molecular weight excluding hydrogens is 198 g/mol. The highest BCUT2D eigenvalue weighted by Crippen LogP contribution is 2.20. The number of aromatic nitrogens is 1. The van der Waals surface area contributed by atoms with E-state index < -0.39 is 0 Å². The van der Waals surface area contributed by atoms with Crippen molar-refractivity contribution < 1.29 is 4.74 Å². The zero-order chi connectivity index (χ0) is 10.4. The standard InChI is InChI=1S/C11H16ClNO/c1-3-5-14-11-6-10(7-12)13-8-9(11)4-2/h6,8H,3-5,7H2,1-2H3. The topological polar surface area (TPSA) is 22.1 Å². The maximum atomic E-state index is 5.71. The van der Waals surface area contributed by atoms with Crippen LogP contribution >= 0.6 is 11.6 Å². The van der Waals surface area contributed by atoms with E-state index in [1.165, 1.54) is 0 Å². The Morgan fingerprint density at radius 2 is 2.21 bits per heavy atom. The van der Waals surface area contributed by atoms with Crippen LogP contribution in [0, 0.1) is 0 Å². The van der Waals surface area contributed by atoms with Gasteiger partial charge in [-0.1, -0.05) is 13.8 Å². The van der Waals surface area contributed by atoms with Gasteiger partial charge in [-0.05, 0) is 12.8 Å². The average Bonchev–Trinajstić information content (AvgIpc) is 2.25. The smallest absolute Gasteiger partial charge is 0.125 e. The summed E-state index contributed by atoms with van der Waals surface area (Å²) in [7, 11) is 0. The second-order valence-corrected chi connectivity index (χ2v) is 3.39. The molecule has 0 aromatic carbocycles. The Hall–Kier alpha value is -0.760. The highest BCUT2D eigenvalue weighted by Gasteiger charge is 2.04. The van der Waals surface area contributed by atoms with Crippen molar-refractivity contribution in [1.29, 1.82) is 0 Å². The second kappa shape index (κ2) is 5.86. The van der Waals surface area contributed by atoms with Gasteiger partial charge in [0.05, 0.1) is 18.2 Å². The predicted octanol–water partition coefficient (Wildman–Crippen LogP) is 3.17. The molecule has 0 N–H and O–H groups in total. The minimum absolute atomic E-state index is 0.437. The van der Waals surface area contributed by atoms with E-state index >= 15 is 0 Å². The van der Waals surface area contributed by atoms with Crippen LogP contribution in [0.3, 0.4) is 0 Å². The van der Waals surface area contributed by atoms with Crippen LogP contribution < -0.4 is 4.74 Å². The maximum absolute atomic E-state index is 5.71. The first-order valence-electron chi connectivity index (χ1n) is 4.98. The first kappa shape index (κ1) is 11.3. The predicted molar refractivity (Wildman–Crippen MR) is 59.0 cm³/mol. The van der Waals surface area contributed by atoms with Gasteiger partial charge in [-0.2, -0.15) is 0 Å². The number of ether oxygens (including phenoxy) is 1. The molecule has 0 aliphatic rings. The first-order chi connectivity index (χ1) is 6.81. The van der Waals surface area contributed by atoms with Gasteiger partial charge >= 0.3 is 0 Å². The van der Waals surface area contributed by atoms with Gasteiger partial charge in [0, 0.05) is 17.8 Å². The van der Waals surface area contributed by atoms with Gasteiger partial charge in [0.2, 0.25) is 0 Å². The van der Waals surface area contributed by atoms with Crippen LogP contribution in [0.4, 0.5) is 0 Å². The van der Waals surface area contributed by atoms with E-state index in [1.807, 2.05) is 12.3 Å². The van der Waals surface area contributed by atoms with Gasteiger partial charge < -0.3 is 4.74 Å². The molecule has 0 amide bonds. The van der Waals surface area contributed by atoms with Crippen LogP contribution in [0.2, 0.25) is 0 Å². The number of nitrogens with zero attached hydrogens (tertiary/aromatic N) is 1. The minimum Gasteiger partial charge on any atom is -0.493 e. The van der Waals surface area contributed by atoms with E-state index in [9.17, 15) is 0 Å². The number of halogens is 1. The Labute approximate surface area is 90.3 Å². The van der Waals surface area contributed by atoms with E-state index in [4.69, 9.17) is 16.3 Å². The number of alkyl halides is 1. The van der Waals surface area contributed by atoms with Crippen LogP contribution in [0.25, 0.3) is 0 Å². The van der Waals surface area contributed by atoms with Crippen molar-refractivity contribution in [2.75, 3.05) is 6.61 Å². The quantitative estimate of drug-likeness (QED) is 0.701. The van der Waals surface area contributed by atoms with E-state index in [0.717, 1.165) is 36.5 Å². The molecule has 0 fully saturated rings. The van der Waals surface area contributed by atoms with Crippen LogP contribution in [0.15, 0.2) is 12.3 Å². The van der Waals surface area contributed by atoms with Gasteiger partial charge in [0.1, 0.15) is 5.75 Å². The molecule has 0 radical (unpaired) electrons. The van der Waals surface area contributed by atoms with Gasteiger partial charge in [0.25, 0.3) is 0 Å². The molecule has 0 atom stereocenters. The highest BCUT2D eigenvalue weighted by molar-refractivity contribution is 6.16. The fourth-order valence-corrected chi connectivity index (χ4v) is 1.34. The average molecular weight is 214 g/mol. The van der Waals surface area contributed by atoms with Crippen LogP contribution in [0.1, 0.15) is 31.5 Å². The zero-order valence-corrected chi connectivity index (χ0v) is 9.47. The summed E-state index contributed by atoms with van der Waals surface area (Å²) in [6.07, 6.45) is 3.80. The largest absolute Gasteiger partial charge is 0.493 e. The zero-order valence-electron chi connectivity index (χ0n) is 8.72. The first-order valence-corrected chi connectivity index (χ1v) is 5.51. The Balaban J connectivity index is 2.84. The van der Waals surface area contributed by atoms with Crippen molar-refractivity contribution in [2.24, 2.45) is 0 Å². The summed E-state index contributed by atoms with van der Waals surface area (Å²) >= 11 is 5.71. The fraction of sp³-hybridized carbons (Fsp3) is 0.545. The van der Waals surface area contributed by atoms with Crippen LogP contribution in [-0.2, 0) is 12.3 Å². The fourth-order valence-electron chi connectivity index (χ4n) is 1.19. The molecule has 3 heteroatoms. The van der Waals surface area contributed by atoms with E-state index in [2.05, 4.69) is 18.8 Å². The Morgan fingerprint density at radius 1 is 1.43 bits per heavy atom. The molecule has 1 rings (SSSR count). The van der Waals surface area contributed by atoms with Crippen LogP contribution in [0.5, 0.6) is 5.75 Å². The number of hydrogen-bond acceptors (Lipinski definition) is 2. The van der Waals surface area contributed by atoms with Gasteiger partial charge in [0.15, 0.2) is 0 Å². The third-order valence-electron chi connectivity index (χ3n) is 1.98. The third kappa shape index (κ3) is 2.88. The second-order valence-electron chi connectivity index (χ2n) is 3.12. The SMILES string of the molecule is CCCOc1cc(CCl)ncc1CC. The van der Waals surface area contributed by atoms with Crippen molar-refractivity contribution in [3.63, 3.8) is 0 Å². The lowest BCUT2D eigenvalue weighted by Crippen LogP contribution is -2.00. The molecule has 0 spiro atoms. The highest BCUT2D eigenvalue weighted by atomic mass is 35.5. The lowest BCUT2D eigenvalue weighted by Gasteiger charge is -2.09. The van der Waals surface area contributed by atoms with Crippen molar-refractivity contribution in [1.82, 2.24) is 4.98 Å². The lowest BCUT2D eigenvalue weighted by molar-refractivity contribution is 0.313.